The lowest BCUT2D eigenvalue weighted by Crippen LogP contribution is -2.45. The van der Waals surface area contributed by atoms with Crippen LogP contribution in [0.3, 0.4) is 0 Å². The summed E-state index contributed by atoms with van der Waals surface area (Å²) in [7, 11) is 2.08. The molecule has 3 rings (SSSR count). The molecule has 0 atom stereocenters. The van der Waals surface area contributed by atoms with Gasteiger partial charge in [0, 0.05) is 38.3 Å². The van der Waals surface area contributed by atoms with Gasteiger partial charge >= 0.3 is 0 Å². The zero-order chi connectivity index (χ0) is 16.9. The summed E-state index contributed by atoms with van der Waals surface area (Å²) in [5.74, 6) is 0.631. The van der Waals surface area contributed by atoms with Crippen LogP contribution in [0.25, 0.3) is 11.5 Å². The quantitative estimate of drug-likeness (QED) is 0.839. The van der Waals surface area contributed by atoms with Gasteiger partial charge in [0.2, 0.25) is 0 Å². The molecule has 0 aliphatic carbocycles. The minimum absolute atomic E-state index is 0.0412. The van der Waals surface area contributed by atoms with E-state index in [9.17, 15) is 4.79 Å². The van der Waals surface area contributed by atoms with Gasteiger partial charge in [0.05, 0.1) is 6.26 Å². The van der Waals surface area contributed by atoms with Crippen LogP contribution in [-0.4, -0.2) is 70.3 Å². The van der Waals surface area contributed by atoms with Crippen molar-refractivity contribution < 1.29 is 14.3 Å². The Hall–Kier alpha value is -2.12. The van der Waals surface area contributed by atoms with Crippen LogP contribution in [0.2, 0.25) is 0 Å². The molecule has 0 saturated carbocycles. The molecule has 1 aliphatic heterocycles. The van der Waals surface area contributed by atoms with E-state index in [4.69, 9.17) is 9.52 Å². The summed E-state index contributed by atoms with van der Waals surface area (Å²) >= 11 is 0. The first-order valence-corrected chi connectivity index (χ1v) is 8.38. The average molecular weight is 332 g/mol. The number of furan rings is 1. The van der Waals surface area contributed by atoms with Gasteiger partial charge in [-0.05, 0) is 38.4 Å². The van der Waals surface area contributed by atoms with Crippen molar-refractivity contribution in [2.45, 2.75) is 25.3 Å². The van der Waals surface area contributed by atoms with Gasteiger partial charge < -0.3 is 19.3 Å². The van der Waals surface area contributed by atoms with Gasteiger partial charge in [-0.3, -0.25) is 9.89 Å². The lowest BCUT2D eigenvalue weighted by Gasteiger charge is -2.36. The summed E-state index contributed by atoms with van der Waals surface area (Å²) < 4.78 is 5.31. The van der Waals surface area contributed by atoms with Crippen molar-refractivity contribution in [2.24, 2.45) is 0 Å². The first kappa shape index (κ1) is 16.7. The van der Waals surface area contributed by atoms with Crippen LogP contribution in [0.15, 0.2) is 28.9 Å². The first-order chi connectivity index (χ1) is 11.7. The number of nitrogens with one attached hydrogen (secondary N) is 1. The number of rotatable bonds is 6. The fourth-order valence-electron chi connectivity index (χ4n) is 3.16. The molecule has 1 amide bonds. The van der Waals surface area contributed by atoms with Crippen molar-refractivity contribution >= 4 is 5.91 Å². The van der Waals surface area contributed by atoms with Crippen molar-refractivity contribution in [2.75, 3.05) is 33.3 Å². The molecule has 0 aromatic carbocycles. The molecule has 0 bridgehead atoms. The molecule has 2 aromatic rings. The molecule has 0 unspecified atom stereocenters. The highest BCUT2D eigenvalue weighted by Crippen LogP contribution is 2.21. The van der Waals surface area contributed by atoms with E-state index < -0.39 is 0 Å². The SMILES string of the molecule is CN(CCCO)C1CCN(C(=O)c2cc(-c3ccco3)[nH]n2)CC1. The normalized spacial score (nSPS) is 16.0. The molecule has 0 spiro atoms. The van der Waals surface area contributed by atoms with E-state index in [0.717, 1.165) is 38.9 Å². The molecule has 2 N–H and O–H groups in total. The van der Waals surface area contributed by atoms with E-state index in [0.29, 0.717) is 23.2 Å². The summed E-state index contributed by atoms with van der Waals surface area (Å²) in [6, 6.07) is 5.84. The van der Waals surface area contributed by atoms with E-state index in [1.165, 1.54) is 0 Å². The predicted molar refractivity (Wildman–Crippen MR) is 89.5 cm³/mol. The molecule has 130 valence electrons. The molecule has 0 radical (unpaired) electrons. The number of aromatic nitrogens is 2. The molecule has 7 nitrogen and oxygen atoms in total. The Kier molecular flexibility index (Phi) is 5.32. The van der Waals surface area contributed by atoms with Crippen molar-refractivity contribution in [1.82, 2.24) is 20.0 Å². The monoisotopic (exact) mass is 332 g/mol. The van der Waals surface area contributed by atoms with E-state index in [-0.39, 0.29) is 12.5 Å². The fraction of sp³-hybridized carbons (Fsp3) is 0.529. The molecule has 1 fully saturated rings. The predicted octanol–water partition coefficient (Wildman–Crippen LogP) is 1.59. The van der Waals surface area contributed by atoms with Gasteiger partial charge in [0.25, 0.3) is 5.91 Å². The maximum atomic E-state index is 12.6. The van der Waals surface area contributed by atoms with Crippen LogP contribution in [0, 0.1) is 0 Å². The highest BCUT2D eigenvalue weighted by molar-refractivity contribution is 5.93. The van der Waals surface area contributed by atoms with Crippen LogP contribution in [0.5, 0.6) is 0 Å². The number of hydrogen-bond acceptors (Lipinski definition) is 5. The maximum Gasteiger partial charge on any atom is 0.274 e. The van der Waals surface area contributed by atoms with Gasteiger partial charge in [-0.25, -0.2) is 0 Å². The Balaban J connectivity index is 1.56. The second-order valence-corrected chi connectivity index (χ2v) is 6.23. The van der Waals surface area contributed by atoms with E-state index in [1.54, 1.807) is 18.4 Å². The smallest absolute Gasteiger partial charge is 0.274 e. The molecule has 1 aliphatic rings. The highest BCUT2D eigenvalue weighted by Gasteiger charge is 2.27. The third-order valence-electron chi connectivity index (χ3n) is 4.63. The Morgan fingerprint density at radius 3 is 2.96 bits per heavy atom. The second kappa shape index (κ2) is 7.63. The maximum absolute atomic E-state index is 12.6. The average Bonchev–Trinajstić information content (AvgIpc) is 3.30. The second-order valence-electron chi connectivity index (χ2n) is 6.23. The minimum Gasteiger partial charge on any atom is -0.463 e. The number of aliphatic hydroxyl groups excluding tert-OH is 1. The van der Waals surface area contributed by atoms with Gasteiger partial charge in [0.1, 0.15) is 5.69 Å². The van der Waals surface area contributed by atoms with Crippen LogP contribution in [0.1, 0.15) is 29.8 Å². The summed E-state index contributed by atoms with van der Waals surface area (Å²) in [5, 5.41) is 15.9. The third-order valence-corrected chi connectivity index (χ3v) is 4.63. The number of amides is 1. The summed E-state index contributed by atoms with van der Waals surface area (Å²) in [6.45, 7) is 2.58. The van der Waals surface area contributed by atoms with Crippen LogP contribution < -0.4 is 0 Å². The molecule has 3 heterocycles. The Morgan fingerprint density at radius 2 is 2.29 bits per heavy atom. The summed E-state index contributed by atoms with van der Waals surface area (Å²) in [6.07, 6.45) is 4.28. The van der Waals surface area contributed by atoms with Crippen molar-refractivity contribution in [1.29, 1.82) is 0 Å². The van der Waals surface area contributed by atoms with Gasteiger partial charge in [-0.15, -0.1) is 0 Å². The number of nitrogens with zero attached hydrogens (tertiary/aromatic N) is 3. The Morgan fingerprint density at radius 1 is 1.50 bits per heavy atom. The molecule has 2 aromatic heterocycles. The van der Waals surface area contributed by atoms with Crippen molar-refractivity contribution in [3.8, 4) is 11.5 Å². The number of H-pyrrole nitrogens is 1. The number of hydrogen-bond donors (Lipinski definition) is 2. The fourth-order valence-corrected chi connectivity index (χ4v) is 3.16. The van der Waals surface area contributed by atoms with E-state index in [1.807, 2.05) is 11.0 Å². The number of carbonyl (C=O) groups excluding carboxylic acids is 1. The number of carbonyl (C=O) groups is 1. The zero-order valence-electron chi connectivity index (χ0n) is 13.9. The topological polar surface area (TPSA) is 85.6 Å². The highest BCUT2D eigenvalue weighted by atomic mass is 16.3. The molecular formula is C17H24N4O3. The molecule has 1 saturated heterocycles. The largest absolute Gasteiger partial charge is 0.463 e. The lowest BCUT2D eigenvalue weighted by atomic mass is 10.0. The number of aromatic amines is 1. The number of aliphatic hydroxyl groups is 1. The Labute approximate surface area is 141 Å². The van der Waals surface area contributed by atoms with Crippen LogP contribution in [-0.2, 0) is 0 Å². The van der Waals surface area contributed by atoms with Crippen molar-refractivity contribution in [3.05, 3.63) is 30.2 Å². The van der Waals surface area contributed by atoms with Crippen LogP contribution in [0.4, 0.5) is 0 Å². The van der Waals surface area contributed by atoms with Crippen LogP contribution >= 0.6 is 0 Å². The molecular weight excluding hydrogens is 308 g/mol. The third kappa shape index (κ3) is 3.68. The standard InChI is InChI=1S/C17H24N4O3/c1-20(7-3-10-22)13-5-8-21(9-6-13)17(23)15-12-14(18-19-15)16-4-2-11-24-16/h2,4,11-13,22H,3,5-10H2,1H3,(H,18,19). The zero-order valence-corrected chi connectivity index (χ0v) is 13.9. The first-order valence-electron chi connectivity index (χ1n) is 8.38. The Bertz CT molecular complexity index is 645. The molecule has 24 heavy (non-hydrogen) atoms. The van der Waals surface area contributed by atoms with Gasteiger partial charge in [-0.1, -0.05) is 0 Å². The van der Waals surface area contributed by atoms with Crippen molar-refractivity contribution in [3.63, 3.8) is 0 Å². The van der Waals surface area contributed by atoms with Gasteiger partial charge in [-0.2, -0.15) is 5.10 Å². The summed E-state index contributed by atoms with van der Waals surface area (Å²) in [4.78, 5) is 16.7. The number of likely N-dealkylation sites (tertiary alicyclic amines) is 1. The minimum atomic E-state index is -0.0412. The van der Waals surface area contributed by atoms with Gasteiger partial charge in [0.15, 0.2) is 11.5 Å². The number of piperidine rings is 1. The van der Waals surface area contributed by atoms with E-state index in [2.05, 4.69) is 22.1 Å². The summed E-state index contributed by atoms with van der Waals surface area (Å²) in [5.41, 5.74) is 1.13. The van der Waals surface area contributed by atoms with E-state index >= 15 is 0 Å². The molecule has 7 heteroatoms. The lowest BCUT2D eigenvalue weighted by molar-refractivity contribution is 0.0635.